The Kier molecular flexibility index (Phi) is 10.7. The maximum Gasteiger partial charge on any atom is 0.191 e. The van der Waals surface area contributed by atoms with E-state index in [1.54, 1.807) is 11.3 Å². The van der Waals surface area contributed by atoms with Gasteiger partial charge in [0, 0.05) is 37.1 Å². The molecule has 0 bridgehead atoms. The Hall–Kier alpha value is -1.15. The van der Waals surface area contributed by atoms with E-state index in [4.69, 9.17) is 0 Å². The van der Waals surface area contributed by atoms with E-state index < -0.39 is 0 Å². The lowest BCUT2D eigenvalue weighted by Crippen LogP contribution is -2.42. The summed E-state index contributed by atoms with van der Waals surface area (Å²) in [5.74, 6) is 0.880. The molecule has 1 aromatic heterocycles. The van der Waals surface area contributed by atoms with E-state index in [0.29, 0.717) is 6.04 Å². The van der Waals surface area contributed by atoms with E-state index in [1.165, 1.54) is 10.6 Å². The Morgan fingerprint density at radius 3 is 2.64 bits per heavy atom. The van der Waals surface area contributed by atoms with Crippen molar-refractivity contribution in [1.29, 1.82) is 0 Å². The van der Waals surface area contributed by atoms with Crippen molar-refractivity contribution in [3.05, 3.63) is 52.0 Å². The minimum Gasteiger partial charge on any atom is -0.356 e. The molecule has 0 amide bonds. The molecule has 2 rings (SSSR count). The number of halogens is 1. The Morgan fingerprint density at radius 2 is 2.00 bits per heavy atom. The van der Waals surface area contributed by atoms with Gasteiger partial charge in [0.1, 0.15) is 0 Å². The summed E-state index contributed by atoms with van der Waals surface area (Å²) in [6.45, 7) is 5.15. The van der Waals surface area contributed by atoms with Gasteiger partial charge in [0.25, 0.3) is 0 Å². The van der Waals surface area contributed by atoms with E-state index in [-0.39, 0.29) is 24.0 Å². The van der Waals surface area contributed by atoms with E-state index in [2.05, 4.69) is 63.2 Å². The molecule has 0 radical (unpaired) electrons. The molecule has 0 aliphatic carbocycles. The van der Waals surface area contributed by atoms with Gasteiger partial charge >= 0.3 is 0 Å². The van der Waals surface area contributed by atoms with Crippen LogP contribution in [0.25, 0.3) is 0 Å². The number of rotatable bonds is 8. The summed E-state index contributed by atoms with van der Waals surface area (Å²) in [5.41, 5.74) is 2.50. The summed E-state index contributed by atoms with van der Waals surface area (Å²) >= 11 is 1.74. The minimum absolute atomic E-state index is 0. The number of nitrogens with one attached hydrogen (secondary N) is 2. The minimum atomic E-state index is 0. The molecule has 0 saturated carbocycles. The number of hydrogen-bond donors (Lipinski definition) is 2. The Bertz CT molecular complexity index is 627. The second-order valence-electron chi connectivity index (χ2n) is 6.05. The van der Waals surface area contributed by atoms with Crippen LogP contribution in [0.2, 0.25) is 0 Å². The van der Waals surface area contributed by atoms with Crippen molar-refractivity contribution < 1.29 is 0 Å². The van der Waals surface area contributed by atoms with Crippen LogP contribution in [-0.2, 0) is 12.8 Å². The SMILES string of the molecule is CN=C(NCCCc1nc(C)cs1)NC(C)CCc1ccccc1.I. The molecule has 2 aromatic rings. The average molecular weight is 472 g/mol. The lowest BCUT2D eigenvalue weighted by Gasteiger charge is -2.18. The number of aromatic nitrogens is 1. The smallest absolute Gasteiger partial charge is 0.191 e. The van der Waals surface area contributed by atoms with Gasteiger partial charge in [0.15, 0.2) is 5.96 Å². The van der Waals surface area contributed by atoms with Crippen molar-refractivity contribution in [2.24, 2.45) is 4.99 Å². The van der Waals surface area contributed by atoms with Gasteiger partial charge in [-0.2, -0.15) is 0 Å². The predicted octanol–water partition coefficient (Wildman–Crippen LogP) is 4.19. The van der Waals surface area contributed by atoms with E-state index in [0.717, 1.165) is 43.9 Å². The first-order valence-electron chi connectivity index (χ1n) is 8.59. The van der Waals surface area contributed by atoms with Crippen LogP contribution in [0.4, 0.5) is 0 Å². The molecule has 25 heavy (non-hydrogen) atoms. The fraction of sp³-hybridized carbons (Fsp3) is 0.474. The monoisotopic (exact) mass is 472 g/mol. The highest BCUT2D eigenvalue weighted by molar-refractivity contribution is 14.0. The van der Waals surface area contributed by atoms with Gasteiger partial charge in [-0.1, -0.05) is 30.3 Å². The van der Waals surface area contributed by atoms with Gasteiger partial charge in [-0.3, -0.25) is 4.99 Å². The fourth-order valence-corrected chi connectivity index (χ4v) is 3.31. The van der Waals surface area contributed by atoms with Gasteiger partial charge in [0.2, 0.25) is 0 Å². The maximum atomic E-state index is 4.49. The number of guanidine groups is 1. The molecule has 0 fully saturated rings. The van der Waals surface area contributed by atoms with Crippen molar-refractivity contribution in [2.45, 2.75) is 45.6 Å². The van der Waals surface area contributed by atoms with Crippen LogP contribution in [0.5, 0.6) is 0 Å². The summed E-state index contributed by atoms with van der Waals surface area (Å²) < 4.78 is 0. The number of hydrogen-bond acceptors (Lipinski definition) is 3. The zero-order valence-corrected chi connectivity index (χ0v) is 18.4. The summed E-state index contributed by atoms with van der Waals surface area (Å²) in [6.07, 6.45) is 4.25. The molecule has 1 unspecified atom stereocenters. The molecule has 1 atom stereocenters. The number of aliphatic imine (C=N–C) groups is 1. The van der Waals surface area contributed by atoms with Gasteiger partial charge in [0.05, 0.1) is 5.01 Å². The van der Waals surface area contributed by atoms with Crippen LogP contribution in [0.1, 0.15) is 36.0 Å². The second-order valence-corrected chi connectivity index (χ2v) is 7.00. The molecule has 2 N–H and O–H groups in total. The van der Waals surface area contributed by atoms with E-state index in [9.17, 15) is 0 Å². The highest BCUT2D eigenvalue weighted by Gasteiger charge is 2.06. The number of thiazole rings is 1. The van der Waals surface area contributed by atoms with Gasteiger partial charge in [-0.05, 0) is 38.7 Å². The Balaban J connectivity index is 0.00000312. The summed E-state index contributed by atoms with van der Waals surface area (Å²) in [4.78, 5) is 8.81. The quantitative estimate of drug-likeness (QED) is 0.262. The molecule has 138 valence electrons. The molecular weight excluding hydrogens is 443 g/mol. The van der Waals surface area contributed by atoms with Gasteiger partial charge in [-0.15, -0.1) is 35.3 Å². The van der Waals surface area contributed by atoms with E-state index in [1.807, 2.05) is 14.0 Å². The fourth-order valence-electron chi connectivity index (χ4n) is 2.49. The predicted molar refractivity (Wildman–Crippen MR) is 119 cm³/mol. The highest BCUT2D eigenvalue weighted by Crippen LogP contribution is 2.10. The first kappa shape index (κ1) is 21.9. The zero-order valence-electron chi connectivity index (χ0n) is 15.3. The summed E-state index contributed by atoms with van der Waals surface area (Å²) in [6, 6.07) is 11.0. The number of aryl methyl sites for hydroxylation is 3. The third-order valence-corrected chi connectivity index (χ3v) is 4.87. The van der Waals surface area contributed by atoms with E-state index >= 15 is 0 Å². The van der Waals surface area contributed by atoms with Gasteiger partial charge < -0.3 is 10.6 Å². The first-order chi connectivity index (χ1) is 11.7. The third kappa shape index (κ3) is 8.67. The molecule has 0 spiro atoms. The molecule has 0 aliphatic heterocycles. The summed E-state index contributed by atoms with van der Waals surface area (Å²) in [7, 11) is 1.82. The number of benzene rings is 1. The number of nitrogens with zero attached hydrogens (tertiary/aromatic N) is 2. The van der Waals surface area contributed by atoms with Crippen molar-refractivity contribution in [1.82, 2.24) is 15.6 Å². The van der Waals surface area contributed by atoms with Crippen LogP contribution >= 0.6 is 35.3 Å². The van der Waals surface area contributed by atoms with Crippen molar-refractivity contribution in [2.75, 3.05) is 13.6 Å². The Morgan fingerprint density at radius 1 is 1.24 bits per heavy atom. The van der Waals surface area contributed by atoms with Crippen LogP contribution in [0, 0.1) is 6.92 Å². The third-order valence-electron chi connectivity index (χ3n) is 3.84. The molecular formula is C19H29IN4S. The van der Waals surface area contributed by atoms with Crippen LogP contribution in [0.3, 0.4) is 0 Å². The highest BCUT2D eigenvalue weighted by atomic mass is 127. The molecule has 1 heterocycles. The molecule has 6 heteroatoms. The molecule has 0 saturated heterocycles. The van der Waals surface area contributed by atoms with Crippen molar-refractivity contribution in [3.8, 4) is 0 Å². The lowest BCUT2D eigenvalue weighted by molar-refractivity contribution is 0.591. The van der Waals surface area contributed by atoms with Gasteiger partial charge in [-0.25, -0.2) is 4.98 Å². The van der Waals surface area contributed by atoms with Crippen molar-refractivity contribution >= 4 is 41.3 Å². The Labute approximate surface area is 172 Å². The largest absolute Gasteiger partial charge is 0.356 e. The second kappa shape index (κ2) is 12.2. The molecule has 0 aliphatic rings. The lowest BCUT2D eigenvalue weighted by atomic mass is 10.1. The molecule has 1 aromatic carbocycles. The van der Waals surface area contributed by atoms with Crippen LogP contribution < -0.4 is 10.6 Å². The van der Waals surface area contributed by atoms with Crippen LogP contribution in [0.15, 0.2) is 40.7 Å². The molecule has 4 nitrogen and oxygen atoms in total. The average Bonchev–Trinajstić information content (AvgIpc) is 3.02. The normalized spacial score (nSPS) is 12.4. The maximum absolute atomic E-state index is 4.49. The topological polar surface area (TPSA) is 49.3 Å². The zero-order chi connectivity index (χ0) is 17.2. The van der Waals surface area contributed by atoms with Crippen molar-refractivity contribution in [3.63, 3.8) is 0 Å². The standard InChI is InChI=1S/C19H28N4S.HI/c1-15(11-12-17-8-5-4-6-9-17)23-19(20-3)21-13-7-10-18-22-16(2)14-24-18;/h4-6,8-9,14-15H,7,10-13H2,1-3H3,(H2,20,21,23);1H. The van der Waals surface area contributed by atoms with Crippen LogP contribution in [-0.4, -0.2) is 30.6 Å². The first-order valence-corrected chi connectivity index (χ1v) is 9.47. The summed E-state index contributed by atoms with van der Waals surface area (Å²) in [5, 5.41) is 10.2.